The highest BCUT2D eigenvalue weighted by Gasteiger charge is 2.26. The molecule has 0 atom stereocenters. The van der Waals surface area contributed by atoms with Crippen molar-refractivity contribution in [1.29, 1.82) is 0 Å². The molecule has 1 fully saturated rings. The Kier molecular flexibility index (Phi) is 6.92. The second kappa shape index (κ2) is 9.38. The van der Waals surface area contributed by atoms with Crippen LogP contribution < -0.4 is 0 Å². The summed E-state index contributed by atoms with van der Waals surface area (Å²) in [6.07, 6.45) is 4.37. The number of carbonyl (C=O) groups excluding carboxylic acids is 1. The third-order valence-electron chi connectivity index (χ3n) is 5.22. The van der Waals surface area contributed by atoms with Crippen molar-refractivity contribution >= 4 is 17.6 Å². The van der Waals surface area contributed by atoms with Gasteiger partial charge in [0.2, 0.25) is 0 Å². The van der Waals surface area contributed by atoms with Gasteiger partial charge in [-0.25, -0.2) is 0 Å². The van der Waals surface area contributed by atoms with Gasteiger partial charge in [-0.1, -0.05) is 48.0 Å². The molecule has 4 heteroatoms. The molecule has 0 N–H and O–H groups in total. The van der Waals surface area contributed by atoms with E-state index in [4.69, 9.17) is 16.3 Å². The lowest BCUT2D eigenvalue weighted by atomic mass is 9.81. The third-order valence-corrected chi connectivity index (χ3v) is 5.47. The van der Waals surface area contributed by atoms with Gasteiger partial charge in [0, 0.05) is 11.6 Å². The lowest BCUT2D eigenvalue weighted by molar-refractivity contribution is -0.149. The SMILES string of the molecule is CN(C)Cc1ccccc1C1CCC(OC(=O)Cc2ccc(Cl)cc2)CC1. The van der Waals surface area contributed by atoms with Crippen molar-refractivity contribution < 1.29 is 9.53 Å². The summed E-state index contributed by atoms with van der Waals surface area (Å²) in [5.74, 6) is 0.418. The number of benzene rings is 2. The molecule has 144 valence electrons. The Morgan fingerprint density at radius 2 is 1.70 bits per heavy atom. The monoisotopic (exact) mass is 385 g/mol. The third kappa shape index (κ3) is 5.82. The average Bonchev–Trinajstić information content (AvgIpc) is 2.64. The van der Waals surface area contributed by atoms with Gasteiger partial charge in [-0.3, -0.25) is 4.79 Å². The highest BCUT2D eigenvalue weighted by molar-refractivity contribution is 6.30. The molecule has 3 nitrogen and oxygen atoms in total. The highest BCUT2D eigenvalue weighted by atomic mass is 35.5. The highest BCUT2D eigenvalue weighted by Crippen LogP contribution is 2.36. The Morgan fingerprint density at radius 3 is 2.37 bits per heavy atom. The minimum atomic E-state index is -0.145. The molecular weight excluding hydrogens is 358 g/mol. The number of nitrogens with zero attached hydrogens (tertiary/aromatic N) is 1. The van der Waals surface area contributed by atoms with Crippen LogP contribution in [0.1, 0.15) is 48.3 Å². The van der Waals surface area contributed by atoms with Crippen LogP contribution in [0.2, 0.25) is 5.02 Å². The fourth-order valence-corrected chi connectivity index (χ4v) is 4.03. The first kappa shape index (κ1) is 19.9. The Labute approximate surface area is 167 Å². The van der Waals surface area contributed by atoms with E-state index in [0.717, 1.165) is 37.8 Å². The molecule has 27 heavy (non-hydrogen) atoms. The van der Waals surface area contributed by atoms with Crippen LogP contribution in [0, 0.1) is 0 Å². The van der Waals surface area contributed by atoms with Gasteiger partial charge in [0.1, 0.15) is 6.10 Å². The predicted molar refractivity (Wildman–Crippen MR) is 110 cm³/mol. The Morgan fingerprint density at radius 1 is 1.04 bits per heavy atom. The van der Waals surface area contributed by atoms with Gasteiger partial charge in [0.15, 0.2) is 0 Å². The van der Waals surface area contributed by atoms with E-state index in [1.165, 1.54) is 11.1 Å². The van der Waals surface area contributed by atoms with Crippen molar-refractivity contribution in [2.75, 3.05) is 14.1 Å². The van der Waals surface area contributed by atoms with Gasteiger partial charge in [0.25, 0.3) is 0 Å². The van der Waals surface area contributed by atoms with Crippen molar-refractivity contribution in [3.63, 3.8) is 0 Å². The summed E-state index contributed by atoms with van der Waals surface area (Å²) in [4.78, 5) is 14.4. The number of hydrogen-bond acceptors (Lipinski definition) is 3. The first-order valence-corrected chi connectivity index (χ1v) is 10.1. The summed E-state index contributed by atoms with van der Waals surface area (Å²) in [6.45, 7) is 0.964. The quantitative estimate of drug-likeness (QED) is 0.639. The number of ether oxygens (including phenoxy) is 1. The van der Waals surface area contributed by atoms with Crippen molar-refractivity contribution in [2.24, 2.45) is 0 Å². The van der Waals surface area contributed by atoms with Crippen LogP contribution >= 0.6 is 11.6 Å². The fourth-order valence-electron chi connectivity index (χ4n) is 3.91. The van der Waals surface area contributed by atoms with Gasteiger partial charge in [-0.2, -0.15) is 0 Å². The first-order valence-electron chi connectivity index (χ1n) is 9.67. The normalized spacial score (nSPS) is 19.9. The maximum Gasteiger partial charge on any atom is 0.310 e. The molecule has 0 heterocycles. The molecule has 0 aromatic heterocycles. The largest absolute Gasteiger partial charge is 0.462 e. The van der Waals surface area contributed by atoms with Crippen molar-refractivity contribution in [1.82, 2.24) is 4.90 Å². The van der Waals surface area contributed by atoms with Crippen LogP contribution in [-0.2, 0) is 22.5 Å². The summed E-state index contributed by atoms with van der Waals surface area (Å²) in [5.41, 5.74) is 3.80. The predicted octanol–water partition coefficient (Wildman–Crippen LogP) is 5.21. The van der Waals surface area contributed by atoms with E-state index in [9.17, 15) is 4.79 Å². The summed E-state index contributed by atoms with van der Waals surface area (Å²) >= 11 is 5.89. The van der Waals surface area contributed by atoms with E-state index < -0.39 is 0 Å². The van der Waals surface area contributed by atoms with Crippen LogP contribution in [0.3, 0.4) is 0 Å². The van der Waals surface area contributed by atoms with Crippen LogP contribution in [0.4, 0.5) is 0 Å². The van der Waals surface area contributed by atoms with E-state index in [-0.39, 0.29) is 12.1 Å². The van der Waals surface area contributed by atoms with Gasteiger partial charge in [-0.15, -0.1) is 0 Å². The summed E-state index contributed by atoms with van der Waals surface area (Å²) in [5, 5.41) is 0.681. The van der Waals surface area contributed by atoms with Crippen molar-refractivity contribution in [3.05, 3.63) is 70.2 Å². The number of esters is 1. The van der Waals surface area contributed by atoms with Crippen molar-refractivity contribution in [2.45, 2.75) is 50.7 Å². The van der Waals surface area contributed by atoms with Gasteiger partial charge in [0.05, 0.1) is 6.42 Å². The number of rotatable bonds is 6. The molecule has 1 aliphatic rings. The lowest BCUT2D eigenvalue weighted by Crippen LogP contribution is -2.25. The Balaban J connectivity index is 1.52. The zero-order valence-electron chi connectivity index (χ0n) is 16.2. The van der Waals surface area contributed by atoms with Gasteiger partial charge < -0.3 is 9.64 Å². The Hall–Kier alpha value is -1.84. The first-order chi connectivity index (χ1) is 13.0. The van der Waals surface area contributed by atoms with E-state index in [2.05, 4.69) is 43.3 Å². The molecule has 0 amide bonds. The summed E-state index contributed by atoms with van der Waals surface area (Å²) in [6, 6.07) is 16.1. The minimum Gasteiger partial charge on any atom is -0.462 e. The van der Waals surface area contributed by atoms with Gasteiger partial charge >= 0.3 is 5.97 Å². The molecule has 2 aromatic rings. The molecule has 0 bridgehead atoms. The minimum absolute atomic E-state index is 0.0436. The number of carbonyl (C=O) groups is 1. The maximum atomic E-state index is 12.2. The zero-order valence-corrected chi connectivity index (χ0v) is 16.9. The molecule has 0 saturated heterocycles. The van der Waals surface area contributed by atoms with E-state index in [0.29, 0.717) is 17.4 Å². The Bertz CT molecular complexity index is 749. The second-order valence-corrected chi connectivity index (χ2v) is 8.14. The van der Waals surface area contributed by atoms with E-state index >= 15 is 0 Å². The van der Waals surface area contributed by atoms with E-state index in [1.807, 2.05) is 12.1 Å². The summed E-state index contributed by atoms with van der Waals surface area (Å²) < 4.78 is 5.72. The zero-order chi connectivity index (χ0) is 19.2. The number of hydrogen-bond donors (Lipinski definition) is 0. The smallest absolute Gasteiger partial charge is 0.310 e. The molecule has 1 aliphatic carbocycles. The summed E-state index contributed by atoms with van der Waals surface area (Å²) in [7, 11) is 4.21. The van der Waals surface area contributed by atoms with Crippen molar-refractivity contribution in [3.8, 4) is 0 Å². The van der Waals surface area contributed by atoms with Crippen LogP contribution in [0.5, 0.6) is 0 Å². The van der Waals surface area contributed by atoms with Crippen LogP contribution in [-0.4, -0.2) is 31.1 Å². The molecule has 3 rings (SSSR count). The van der Waals surface area contributed by atoms with E-state index in [1.54, 1.807) is 12.1 Å². The van der Waals surface area contributed by atoms with Crippen LogP contribution in [0.25, 0.3) is 0 Å². The van der Waals surface area contributed by atoms with Gasteiger partial charge in [-0.05, 0) is 74.5 Å². The molecule has 0 unspecified atom stereocenters. The second-order valence-electron chi connectivity index (χ2n) is 7.70. The fraction of sp³-hybridized carbons (Fsp3) is 0.435. The maximum absolute atomic E-state index is 12.2. The molecule has 0 spiro atoms. The molecular formula is C23H28ClNO2. The number of halogens is 1. The topological polar surface area (TPSA) is 29.5 Å². The molecule has 1 saturated carbocycles. The van der Waals surface area contributed by atoms with Crippen LogP contribution in [0.15, 0.2) is 48.5 Å². The molecule has 0 radical (unpaired) electrons. The molecule has 0 aliphatic heterocycles. The molecule has 2 aromatic carbocycles. The average molecular weight is 386 g/mol. The lowest BCUT2D eigenvalue weighted by Gasteiger charge is -2.30. The standard InChI is InChI=1S/C23H28ClNO2/c1-25(2)16-19-5-3-4-6-22(19)18-9-13-21(14-10-18)27-23(26)15-17-7-11-20(24)12-8-17/h3-8,11-12,18,21H,9-10,13-16H2,1-2H3.